The lowest BCUT2D eigenvalue weighted by molar-refractivity contribution is -0.127. The lowest BCUT2D eigenvalue weighted by Crippen LogP contribution is -2.35. The lowest BCUT2D eigenvalue weighted by Gasteiger charge is -2.16. The second kappa shape index (κ2) is 9.20. The third-order valence-electron chi connectivity index (χ3n) is 3.69. The largest absolute Gasteiger partial charge is 0.493 e. The zero-order valence-electron chi connectivity index (χ0n) is 15.2. The first-order valence-corrected chi connectivity index (χ1v) is 8.35. The van der Waals surface area contributed by atoms with Crippen molar-refractivity contribution in [1.29, 1.82) is 0 Å². The molecular weight excluding hydrogens is 358 g/mol. The summed E-state index contributed by atoms with van der Waals surface area (Å²) in [5.74, 6) is 1.89. The maximum Gasteiger partial charge on any atom is 0.261 e. The number of hydrogen-bond acceptors (Lipinski definition) is 5. The molecule has 2 aromatic rings. The quantitative estimate of drug-likeness (QED) is 0.761. The molecule has 0 aromatic heterocycles. The molecule has 2 rings (SSSR count). The van der Waals surface area contributed by atoms with Crippen LogP contribution in [0.1, 0.15) is 12.5 Å². The van der Waals surface area contributed by atoms with Gasteiger partial charge >= 0.3 is 0 Å². The van der Waals surface area contributed by atoms with Gasteiger partial charge in [-0.3, -0.25) is 4.79 Å². The van der Waals surface area contributed by atoms with E-state index in [1.807, 2.05) is 0 Å². The Balaban J connectivity index is 2.00. The Morgan fingerprint density at radius 2 is 1.62 bits per heavy atom. The first kappa shape index (κ1) is 19.7. The number of halogens is 1. The number of methoxy groups -OCH3 is 3. The Kier molecular flexibility index (Phi) is 6.97. The highest BCUT2D eigenvalue weighted by atomic mass is 35.5. The molecule has 7 heteroatoms. The molecule has 0 spiro atoms. The van der Waals surface area contributed by atoms with Crippen LogP contribution in [0, 0.1) is 0 Å². The molecular formula is C19H22ClNO5. The van der Waals surface area contributed by atoms with Crippen molar-refractivity contribution in [3.63, 3.8) is 0 Å². The number of nitrogens with one attached hydrogen (secondary N) is 1. The number of carbonyl (C=O) groups is 1. The van der Waals surface area contributed by atoms with Crippen LogP contribution in [0.5, 0.6) is 23.0 Å². The lowest BCUT2D eigenvalue weighted by atomic mass is 10.1. The maximum atomic E-state index is 12.3. The summed E-state index contributed by atoms with van der Waals surface area (Å²) < 4.78 is 21.5. The Bertz CT molecular complexity index is 723. The summed E-state index contributed by atoms with van der Waals surface area (Å²) in [6.45, 7) is 1.98. The molecule has 0 unspecified atom stereocenters. The Labute approximate surface area is 158 Å². The van der Waals surface area contributed by atoms with Crippen molar-refractivity contribution in [2.75, 3.05) is 21.3 Å². The van der Waals surface area contributed by atoms with E-state index >= 15 is 0 Å². The molecule has 26 heavy (non-hydrogen) atoms. The minimum atomic E-state index is -0.654. The smallest absolute Gasteiger partial charge is 0.261 e. The monoisotopic (exact) mass is 379 g/mol. The van der Waals surface area contributed by atoms with Crippen LogP contribution in [0.15, 0.2) is 36.4 Å². The molecule has 2 aromatic carbocycles. The summed E-state index contributed by atoms with van der Waals surface area (Å²) in [5, 5.41) is 3.44. The Morgan fingerprint density at radius 3 is 2.12 bits per heavy atom. The van der Waals surface area contributed by atoms with Crippen LogP contribution < -0.4 is 24.3 Å². The van der Waals surface area contributed by atoms with Crippen LogP contribution in [0.2, 0.25) is 5.02 Å². The molecule has 6 nitrogen and oxygen atoms in total. The summed E-state index contributed by atoms with van der Waals surface area (Å²) in [7, 11) is 4.63. The predicted molar refractivity (Wildman–Crippen MR) is 99.5 cm³/mol. The van der Waals surface area contributed by atoms with E-state index in [0.717, 1.165) is 5.56 Å². The average molecular weight is 380 g/mol. The van der Waals surface area contributed by atoms with Crippen molar-refractivity contribution in [2.45, 2.75) is 19.6 Å². The molecule has 0 aliphatic heterocycles. The van der Waals surface area contributed by atoms with Crippen LogP contribution in [-0.4, -0.2) is 33.3 Å². The van der Waals surface area contributed by atoms with Gasteiger partial charge in [-0.2, -0.15) is 0 Å². The van der Waals surface area contributed by atoms with Gasteiger partial charge in [0, 0.05) is 11.6 Å². The highest BCUT2D eigenvalue weighted by Crippen LogP contribution is 2.38. The number of carbonyl (C=O) groups excluding carboxylic acids is 1. The highest BCUT2D eigenvalue weighted by Gasteiger charge is 2.17. The summed E-state index contributed by atoms with van der Waals surface area (Å²) in [6.07, 6.45) is -0.654. The molecule has 0 aliphatic rings. The van der Waals surface area contributed by atoms with Gasteiger partial charge in [0.25, 0.3) is 5.91 Å². The number of rotatable bonds is 8. The van der Waals surface area contributed by atoms with Crippen molar-refractivity contribution in [1.82, 2.24) is 5.32 Å². The molecule has 0 heterocycles. The van der Waals surface area contributed by atoms with Gasteiger partial charge in [-0.05, 0) is 48.9 Å². The molecule has 0 saturated heterocycles. The van der Waals surface area contributed by atoms with Gasteiger partial charge in [0.15, 0.2) is 17.6 Å². The van der Waals surface area contributed by atoms with Gasteiger partial charge in [0.05, 0.1) is 21.3 Å². The van der Waals surface area contributed by atoms with Gasteiger partial charge in [-0.1, -0.05) is 11.6 Å². The van der Waals surface area contributed by atoms with Crippen molar-refractivity contribution in [2.24, 2.45) is 0 Å². The van der Waals surface area contributed by atoms with E-state index in [9.17, 15) is 4.79 Å². The summed E-state index contributed by atoms with van der Waals surface area (Å²) in [4.78, 5) is 12.3. The number of amides is 1. The average Bonchev–Trinajstić information content (AvgIpc) is 2.66. The molecule has 1 amide bonds. The summed E-state index contributed by atoms with van der Waals surface area (Å²) in [5.41, 5.74) is 0.812. The number of hydrogen-bond donors (Lipinski definition) is 1. The van der Waals surface area contributed by atoms with Gasteiger partial charge in [0.1, 0.15) is 5.75 Å². The third kappa shape index (κ3) is 4.95. The second-order valence-corrected chi connectivity index (χ2v) is 5.90. The van der Waals surface area contributed by atoms with Gasteiger partial charge < -0.3 is 24.3 Å². The van der Waals surface area contributed by atoms with E-state index in [1.54, 1.807) is 57.5 Å². The fourth-order valence-corrected chi connectivity index (χ4v) is 2.47. The number of ether oxygens (including phenoxy) is 4. The van der Waals surface area contributed by atoms with Crippen LogP contribution >= 0.6 is 11.6 Å². The highest BCUT2D eigenvalue weighted by molar-refractivity contribution is 6.30. The van der Waals surface area contributed by atoms with Crippen LogP contribution in [0.3, 0.4) is 0 Å². The Hall–Kier alpha value is -2.60. The van der Waals surface area contributed by atoms with E-state index < -0.39 is 6.10 Å². The molecule has 0 fully saturated rings. The molecule has 1 atom stereocenters. The minimum absolute atomic E-state index is 0.242. The maximum absolute atomic E-state index is 12.3. The van der Waals surface area contributed by atoms with E-state index in [0.29, 0.717) is 34.6 Å². The molecule has 0 aliphatic carbocycles. The fraction of sp³-hybridized carbons (Fsp3) is 0.316. The predicted octanol–water partition coefficient (Wildman–Crippen LogP) is 3.45. The SMILES string of the molecule is COc1cc(CNC(=O)[C@H](C)Oc2ccc(Cl)cc2)cc(OC)c1OC. The van der Waals surface area contributed by atoms with Crippen molar-refractivity contribution >= 4 is 17.5 Å². The fourth-order valence-electron chi connectivity index (χ4n) is 2.34. The molecule has 140 valence electrons. The summed E-state index contributed by atoms with van der Waals surface area (Å²) >= 11 is 5.84. The third-order valence-corrected chi connectivity index (χ3v) is 3.94. The van der Waals surface area contributed by atoms with Gasteiger partial charge in [0.2, 0.25) is 5.75 Å². The van der Waals surface area contributed by atoms with Gasteiger partial charge in [-0.25, -0.2) is 0 Å². The van der Waals surface area contributed by atoms with E-state index in [4.69, 9.17) is 30.5 Å². The normalized spacial score (nSPS) is 11.4. The van der Waals surface area contributed by atoms with Crippen LogP contribution in [0.25, 0.3) is 0 Å². The summed E-state index contributed by atoms with van der Waals surface area (Å²) in [6, 6.07) is 10.4. The van der Waals surface area contributed by atoms with Crippen molar-refractivity contribution in [3.05, 3.63) is 47.0 Å². The van der Waals surface area contributed by atoms with Crippen LogP contribution in [-0.2, 0) is 11.3 Å². The molecule has 0 bridgehead atoms. The molecule has 0 saturated carbocycles. The zero-order chi connectivity index (χ0) is 19.1. The van der Waals surface area contributed by atoms with Crippen LogP contribution in [0.4, 0.5) is 0 Å². The van der Waals surface area contributed by atoms with E-state index in [-0.39, 0.29) is 5.91 Å². The molecule has 0 radical (unpaired) electrons. The first-order chi connectivity index (χ1) is 12.5. The molecule has 1 N–H and O–H groups in total. The standard InChI is InChI=1S/C19H22ClNO5/c1-12(26-15-7-5-14(20)6-8-15)19(22)21-11-13-9-16(23-2)18(25-4)17(10-13)24-3/h5-10,12H,11H2,1-4H3,(H,21,22)/t12-/m0/s1. The zero-order valence-corrected chi connectivity index (χ0v) is 15.9. The van der Waals surface area contributed by atoms with Crippen molar-refractivity contribution < 1.29 is 23.7 Å². The Morgan fingerprint density at radius 1 is 1.04 bits per heavy atom. The minimum Gasteiger partial charge on any atom is -0.493 e. The second-order valence-electron chi connectivity index (χ2n) is 5.47. The number of benzene rings is 2. The topological polar surface area (TPSA) is 66.0 Å². The van der Waals surface area contributed by atoms with Crippen molar-refractivity contribution in [3.8, 4) is 23.0 Å². The van der Waals surface area contributed by atoms with E-state index in [1.165, 1.54) is 7.11 Å². The van der Waals surface area contributed by atoms with E-state index in [2.05, 4.69) is 5.32 Å². The first-order valence-electron chi connectivity index (χ1n) is 7.97. The van der Waals surface area contributed by atoms with Gasteiger partial charge in [-0.15, -0.1) is 0 Å².